The molecule has 1 aliphatic heterocycles. The molecule has 5 aromatic rings. The summed E-state index contributed by atoms with van der Waals surface area (Å²) in [7, 11) is 0. The van der Waals surface area contributed by atoms with Gasteiger partial charge in [-0.25, -0.2) is 28.0 Å². The van der Waals surface area contributed by atoms with E-state index in [1.807, 2.05) is 0 Å². The molecule has 1 saturated heterocycles. The molecule has 63 heavy (non-hydrogen) atoms. The third-order valence-corrected chi connectivity index (χ3v) is 10.00. The van der Waals surface area contributed by atoms with Gasteiger partial charge in [-0.05, 0) is 62.2 Å². The maximum absolute atomic E-state index is 14.9. The fraction of sp³-hybridized carbons (Fsp3) is 0.356. The van der Waals surface area contributed by atoms with Crippen LogP contribution in [0.4, 0.5) is 23.7 Å². The number of carbonyl (C=O) groups is 4. The smallest absolute Gasteiger partial charge is 0.412 e. The lowest BCUT2D eigenvalue weighted by atomic mass is 10.0. The number of nitrogens with zero attached hydrogens (tertiary/aromatic N) is 4. The van der Waals surface area contributed by atoms with E-state index in [0.29, 0.717) is 39.7 Å². The maximum Gasteiger partial charge on any atom is 0.412 e. The minimum absolute atomic E-state index is 0.0157. The topological polar surface area (TPSA) is 188 Å². The average molecular weight is 871 g/mol. The molecule has 15 nitrogen and oxygen atoms in total. The molecule has 18 heteroatoms. The third kappa shape index (κ3) is 12.3. The zero-order chi connectivity index (χ0) is 45.3. The van der Waals surface area contributed by atoms with Crippen molar-refractivity contribution in [1.82, 2.24) is 35.6 Å². The maximum atomic E-state index is 14.9. The van der Waals surface area contributed by atoms with Crippen LogP contribution in [0.3, 0.4) is 0 Å². The van der Waals surface area contributed by atoms with Gasteiger partial charge in [0.2, 0.25) is 5.91 Å². The number of anilines is 1. The number of nitrogens with one attached hydrogen (secondary N) is 4. The van der Waals surface area contributed by atoms with Crippen LogP contribution >= 0.6 is 0 Å². The predicted octanol–water partition coefficient (Wildman–Crippen LogP) is 5.49. The van der Waals surface area contributed by atoms with E-state index in [4.69, 9.17) is 9.47 Å². The Labute approximate surface area is 361 Å². The second-order valence-electron chi connectivity index (χ2n) is 16.0. The van der Waals surface area contributed by atoms with Crippen LogP contribution in [0.15, 0.2) is 83.8 Å². The van der Waals surface area contributed by atoms with E-state index in [0.717, 1.165) is 6.92 Å². The van der Waals surface area contributed by atoms with Crippen LogP contribution in [0.25, 0.3) is 21.9 Å². The molecule has 0 atom stereocenters. The highest BCUT2D eigenvalue weighted by Gasteiger charge is 2.28. The number of piperazine rings is 1. The summed E-state index contributed by atoms with van der Waals surface area (Å²) < 4.78 is 54.0. The van der Waals surface area contributed by atoms with Crippen molar-refractivity contribution < 1.29 is 41.8 Å². The van der Waals surface area contributed by atoms with Crippen LogP contribution in [0.5, 0.6) is 0 Å². The largest absolute Gasteiger partial charge is 0.444 e. The van der Waals surface area contributed by atoms with Crippen molar-refractivity contribution in [1.29, 1.82) is 0 Å². The Kier molecular flexibility index (Phi) is 14.6. The first kappa shape index (κ1) is 45.9. The van der Waals surface area contributed by atoms with Gasteiger partial charge in [-0.1, -0.05) is 42.5 Å². The van der Waals surface area contributed by atoms with Crippen molar-refractivity contribution in [2.45, 2.75) is 45.6 Å². The van der Waals surface area contributed by atoms with E-state index < -0.39 is 35.2 Å². The van der Waals surface area contributed by atoms with Gasteiger partial charge in [0.15, 0.2) is 5.69 Å². The molecule has 0 radical (unpaired) electrons. The number of pyridine rings is 1. The SMILES string of the molecule is CC(C)(C)OC(=O)Nc1cc(-c2cccc(C(C)(F)F)c2)cnc1C(=O)NCCOCCNCC(=O)N1CCN(C(=O)c2cc(Cc3n[nH]c(=O)c4ccccc34)ccc2F)CC1. The number of aromatic amines is 1. The Morgan fingerprint density at radius 2 is 1.56 bits per heavy atom. The zero-order valence-electron chi connectivity index (χ0n) is 35.4. The van der Waals surface area contributed by atoms with Gasteiger partial charge in [0, 0.05) is 75.3 Å². The number of rotatable bonds is 15. The number of H-pyrrole nitrogens is 1. The van der Waals surface area contributed by atoms with E-state index in [9.17, 15) is 37.1 Å². The van der Waals surface area contributed by atoms with E-state index in [2.05, 4.69) is 31.1 Å². The van der Waals surface area contributed by atoms with Gasteiger partial charge in [-0.3, -0.25) is 24.5 Å². The van der Waals surface area contributed by atoms with Gasteiger partial charge < -0.3 is 29.9 Å². The van der Waals surface area contributed by atoms with Gasteiger partial charge in [-0.15, -0.1) is 0 Å². The first-order chi connectivity index (χ1) is 30.0. The molecule has 6 rings (SSSR count). The number of amides is 4. The van der Waals surface area contributed by atoms with Gasteiger partial charge in [0.1, 0.15) is 11.4 Å². The quantitative estimate of drug-likeness (QED) is 0.0980. The van der Waals surface area contributed by atoms with Crippen molar-refractivity contribution in [2.75, 3.05) is 64.3 Å². The van der Waals surface area contributed by atoms with Gasteiger partial charge in [0.25, 0.3) is 23.3 Å². The molecule has 4 N–H and O–H groups in total. The molecular formula is C45H49F3N8O7. The Morgan fingerprint density at radius 1 is 0.841 bits per heavy atom. The second kappa shape index (κ2) is 20.0. The van der Waals surface area contributed by atoms with E-state index >= 15 is 0 Å². The van der Waals surface area contributed by atoms with Gasteiger partial charge >= 0.3 is 6.09 Å². The zero-order valence-corrected chi connectivity index (χ0v) is 35.4. The minimum Gasteiger partial charge on any atom is -0.444 e. The molecule has 3 heterocycles. The Morgan fingerprint density at radius 3 is 2.29 bits per heavy atom. The average Bonchev–Trinajstić information content (AvgIpc) is 3.25. The molecule has 0 aliphatic carbocycles. The summed E-state index contributed by atoms with van der Waals surface area (Å²) in [6, 6.07) is 18.5. The number of alkyl halides is 2. The summed E-state index contributed by atoms with van der Waals surface area (Å²) >= 11 is 0. The molecule has 0 bridgehead atoms. The fourth-order valence-corrected chi connectivity index (χ4v) is 6.83. The third-order valence-electron chi connectivity index (χ3n) is 10.00. The van der Waals surface area contributed by atoms with Crippen molar-refractivity contribution in [2.24, 2.45) is 0 Å². The first-order valence-electron chi connectivity index (χ1n) is 20.3. The number of halogens is 3. The predicted molar refractivity (Wildman–Crippen MR) is 229 cm³/mol. The normalized spacial score (nSPS) is 13.2. The number of fused-ring (bicyclic) bond motifs is 1. The summed E-state index contributed by atoms with van der Waals surface area (Å²) in [5.41, 5.74) is 0.485. The standard InChI is InChI=1S/C45H49F3N8O7/c1-44(2,3)63-43(61)52-37-25-30(29-8-7-9-31(24-29)45(4,47)48)26-51-39(37)41(59)50-15-21-62-20-14-49-27-38(57)55-16-18-56(19-17-55)42(60)34-22-28(12-13-35(34)46)23-36-32-10-5-6-11-33(32)40(58)54-53-36/h5-13,22,24-26,49H,14-21,23,27H2,1-4H3,(H,50,59)(H,52,61)(H,54,58). The summed E-state index contributed by atoms with van der Waals surface area (Å²) in [5.74, 6) is -5.02. The molecule has 1 fully saturated rings. The molecule has 0 saturated carbocycles. The van der Waals surface area contributed by atoms with E-state index in [1.54, 1.807) is 62.1 Å². The molecular weight excluding hydrogens is 822 g/mol. The Balaban J connectivity index is 0.923. The minimum atomic E-state index is -3.08. The van der Waals surface area contributed by atoms with Crippen LogP contribution in [0, 0.1) is 5.82 Å². The lowest BCUT2D eigenvalue weighted by Gasteiger charge is -2.35. The lowest BCUT2D eigenvalue weighted by molar-refractivity contribution is -0.131. The van der Waals surface area contributed by atoms with Crippen molar-refractivity contribution in [3.8, 4) is 11.1 Å². The van der Waals surface area contributed by atoms with Crippen LogP contribution < -0.4 is 21.5 Å². The highest BCUT2D eigenvalue weighted by atomic mass is 19.3. The molecule has 0 spiro atoms. The van der Waals surface area contributed by atoms with Crippen LogP contribution in [0.1, 0.15) is 65.4 Å². The van der Waals surface area contributed by atoms with Crippen LogP contribution in [-0.4, -0.2) is 113 Å². The molecule has 3 aromatic carbocycles. The monoisotopic (exact) mass is 870 g/mol. The first-order valence-corrected chi connectivity index (χ1v) is 20.3. The number of hydrogen-bond acceptors (Lipinski definition) is 10. The number of aromatic nitrogens is 3. The molecule has 0 unspecified atom stereocenters. The van der Waals surface area contributed by atoms with Crippen LogP contribution in [0.2, 0.25) is 0 Å². The number of benzene rings is 3. The van der Waals surface area contributed by atoms with Gasteiger partial charge in [-0.2, -0.15) is 5.10 Å². The Bertz CT molecular complexity index is 2530. The fourth-order valence-electron chi connectivity index (χ4n) is 6.83. The van der Waals surface area contributed by atoms with E-state index in [-0.39, 0.29) is 92.9 Å². The molecule has 2 aromatic heterocycles. The Hall–Kier alpha value is -6.66. The lowest BCUT2D eigenvalue weighted by Crippen LogP contribution is -2.52. The highest BCUT2D eigenvalue weighted by Crippen LogP contribution is 2.32. The summed E-state index contributed by atoms with van der Waals surface area (Å²) in [4.78, 5) is 71.7. The second-order valence-corrected chi connectivity index (χ2v) is 16.0. The van der Waals surface area contributed by atoms with Crippen molar-refractivity contribution in [3.05, 3.63) is 123 Å². The van der Waals surface area contributed by atoms with Crippen LogP contribution in [-0.2, 0) is 26.6 Å². The van der Waals surface area contributed by atoms with Gasteiger partial charge in [0.05, 0.1) is 42.1 Å². The van der Waals surface area contributed by atoms with Crippen molar-refractivity contribution in [3.63, 3.8) is 0 Å². The number of carbonyl (C=O) groups excluding carboxylic acids is 4. The van der Waals surface area contributed by atoms with E-state index in [1.165, 1.54) is 47.5 Å². The molecule has 1 aliphatic rings. The molecule has 332 valence electrons. The summed E-state index contributed by atoms with van der Waals surface area (Å²) in [5, 5.41) is 16.1. The number of ether oxygens (including phenoxy) is 2. The highest BCUT2D eigenvalue weighted by molar-refractivity contribution is 6.02. The summed E-state index contributed by atoms with van der Waals surface area (Å²) in [6.07, 6.45) is 0.788. The molecule has 4 amide bonds. The summed E-state index contributed by atoms with van der Waals surface area (Å²) in [6.45, 7) is 7.60. The number of hydrogen-bond donors (Lipinski definition) is 4. The van der Waals surface area contributed by atoms with Crippen molar-refractivity contribution >= 4 is 40.3 Å².